The number of anilines is 1. The number of hydrogen-bond donors (Lipinski definition) is 1. The maximum absolute atomic E-state index is 4.36. The molecule has 0 aliphatic carbocycles. The minimum atomic E-state index is 0.202. The van der Waals surface area contributed by atoms with Gasteiger partial charge < -0.3 is 5.32 Å². The molecule has 0 bridgehead atoms. The van der Waals surface area contributed by atoms with Gasteiger partial charge in [-0.3, -0.25) is 4.68 Å². The molecule has 0 amide bonds. The van der Waals surface area contributed by atoms with Gasteiger partial charge in [0.15, 0.2) is 0 Å². The van der Waals surface area contributed by atoms with Crippen molar-refractivity contribution in [2.24, 2.45) is 0 Å². The first-order chi connectivity index (χ1) is 9.77. The van der Waals surface area contributed by atoms with Crippen LogP contribution in [0.5, 0.6) is 0 Å². The molecular formula is C18H27N3. The van der Waals surface area contributed by atoms with E-state index < -0.39 is 0 Å². The standard InChI is InChI=1S/C18H27N3/c1-13(2)21-12-17(11-19-21)20-14(3)15-7-9-16(10-8-15)18(4,5)6/h7-14,20H,1-6H3. The molecule has 1 unspecified atom stereocenters. The highest BCUT2D eigenvalue weighted by molar-refractivity contribution is 5.42. The molecule has 2 aromatic rings. The first kappa shape index (κ1) is 15.6. The SMILES string of the molecule is CC(Nc1cnn(C(C)C)c1)c1ccc(C(C)(C)C)cc1. The highest BCUT2D eigenvalue weighted by Gasteiger charge is 2.14. The molecule has 1 N–H and O–H groups in total. The van der Waals surface area contributed by atoms with Crippen LogP contribution in [-0.2, 0) is 5.41 Å². The van der Waals surface area contributed by atoms with E-state index in [0.29, 0.717) is 6.04 Å². The zero-order valence-corrected chi connectivity index (χ0v) is 14.0. The summed E-state index contributed by atoms with van der Waals surface area (Å²) in [6.45, 7) is 13.2. The van der Waals surface area contributed by atoms with Crippen molar-refractivity contribution < 1.29 is 0 Å². The van der Waals surface area contributed by atoms with Crippen molar-refractivity contribution in [1.82, 2.24) is 9.78 Å². The molecule has 1 aromatic carbocycles. The smallest absolute Gasteiger partial charge is 0.0731 e. The zero-order valence-electron chi connectivity index (χ0n) is 14.0. The van der Waals surface area contributed by atoms with Gasteiger partial charge in [-0.25, -0.2) is 0 Å². The van der Waals surface area contributed by atoms with E-state index in [4.69, 9.17) is 0 Å². The molecule has 1 atom stereocenters. The summed E-state index contributed by atoms with van der Waals surface area (Å²) in [4.78, 5) is 0. The Morgan fingerprint density at radius 2 is 1.67 bits per heavy atom. The third-order valence-corrected chi connectivity index (χ3v) is 3.79. The van der Waals surface area contributed by atoms with E-state index in [1.807, 2.05) is 10.9 Å². The second-order valence-corrected chi connectivity index (χ2v) is 7.04. The Morgan fingerprint density at radius 1 is 1.05 bits per heavy atom. The van der Waals surface area contributed by atoms with E-state index in [0.717, 1.165) is 5.69 Å². The predicted octanol–water partition coefficient (Wildman–Crippen LogP) is 4.93. The van der Waals surface area contributed by atoms with Gasteiger partial charge in [0.05, 0.1) is 11.9 Å². The maximum Gasteiger partial charge on any atom is 0.0731 e. The van der Waals surface area contributed by atoms with Crippen LogP contribution in [0.1, 0.15) is 64.8 Å². The Morgan fingerprint density at radius 3 is 2.14 bits per heavy atom. The molecule has 0 radical (unpaired) electrons. The molecule has 21 heavy (non-hydrogen) atoms. The van der Waals surface area contributed by atoms with E-state index >= 15 is 0 Å². The van der Waals surface area contributed by atoms with Crippen molar-refractivity contribution in [1.29, 1.82) is 0 Å². The number of nitrogens with one attached hydrogen (secondary N) is 1. The second-order valence-electron chi connectivity index (χ2n) is 7.04. The summed E-state index contributed by atoms with van der Waals surface area (Å²) in [5.41, 5.74) is 3.93. The Kier molecular flexibility index (Phi) is 4.40. The average molecular weight is 285 g/mol. The van der Waals surface area contributed by atoms with Crippen LogP contribution in [-0.4, -0.2) is 9.78 Å². The average Bonchev–Trinajstić information content (AvgIpc) is 2.86. The normalized spacial score (nSPS) is 13.5. The van der Waals surface area contributed by atoms with E-state index in [2.05, 4.69) is 82.4 Å². The van der Waals surface area contributed by atoms with Gasteiger partial charge in [-0.05, 0) is 37.3 Å². The Hall–Kier alpha value is -1.77. The zero-order chi connectivity index (χ0) is 15.6. The monoisotopic (exact) mass is 285 g/mol. The summed E-state index contributed by atoms with van der Waals surface area (Å²) in [6, 6.07) is 9.54. The summed E-state index contributed by atoms with van der Waals surface area (Å²) in [7, 11) is 0. The third kappa shape index (κ3) is 3.87. The molecule has 0 fully saturated rings. The quantitative estimate of drug-likeness (QED) is 0.862. The number of rotatable bonds is 4. The van der Waals surface area contributed by atoms with Gasteiger partial charge >= 0.3 is 0 Å². The lowest BCUT2D eigenvalue weighted by atomic mass is 9.86. The van der Waals surface area contributed by atoms with Crippen LogP contribution in [0.15, 0.2) is 36.7 Å². The molecule has 2 rings (SSSR count). The minimum Gasteiger partial charge on any atom is -0.376 e. The number of nitrogens with zero attached hydrogens (tertiary/aromatic N) is 2. The molecule has 0 aliphatic rings. The molecule has 114 valence electrons. The van der Waals surface area contributed by atoms with Gasteiger partial charge in [-0.15, -0.1) is 0 Å². The van der Waals surface area contributed by atoms with E-state index in [1.54, 1.807) is 0 Å². The Bertz CT molecular complexity index is 573. The highest BCUT2D eigenvalue weighted by atomic mass is 15.3. The summed E-state index contributed by atoms with van der Waals surface area (Å²) >= 11 is 0. The van der Waals surface area contributed by atoms with Crippen LogP contribution < -0.4 is 5.32 Å². The van der Waals surface area contributed by atoms with Gasteiger partial charge in [0, 0.05) is 18.3 Å². The van der Waals surface area contributed by atoms with Gasteiger partial charge in [0.25, 0.3) is 0 Å². The highest BCUT2D eigenvalue weighted by Crippen LogP contribution is 2.25. The molecular weight excluding hydrogens is 258 g/mol. The van der Waals surface area contributed by atoms with Crippen molar-refractivity contribution in [3.8, 4) is 0 Å². The number of hydrogen-bond acceptors (Lipinski definition) is 2. The largest absolute Gasteiger partial charge is 0.376 e. The summed E-state index contributed by atoms with van der Waals surface area (Å²) in [5, 5.41) is 7.87. The van der Waals surface area contributed by atoms with Crippen LogP contribution in [0.25, 0.3) is 0 Å². The molecule has 0 spiro atoms. The molecule has 0 aliphatic heterocycles. The number of benzene rings is 1. The molecule has 0 saturated carbocycles. The summed E-state index contributed by atoms with van der Waals surface area (Å²) in [5.74, 6) is 0. The lowest BCUT2D eigenvalue weighted by molar-refractivity contribution is 0.532. The van der Waals surface area contributed by atoms with Gasteiger partial charge in [-0.1, -0.05) is 45.0 Å². The van der Waals surface area contributed by atoms with E-state index in [1.165, 1.54) is 11.1 Å². The molecule has 1 aromatic heterocycles. The fraction of sp³-hybridized carbons (Fsp3) is 0.500. The van der Waals surface area contributed by atoms with Crippen molar-refractivity contribution in [3.05, 3.63) is 47.8 Å². The first-order valence-corrected chi connectivity index (χ1v) is 7.68. The van der Waals surface area contributed by atoms with Gasteiger partial charge in [0.2, 0.25) is 0 Å². The summed E-state index contributed by atoms with van der Waals surface area (Å²) in [6.07, 6.45) is 3.95. The van der Waals surface area contributed by atoms with Crippen LogP contribution in [0.4, 0.5) is 5.69 Å². The van der Waals surface area contributed by atoms with Gasteiger partial charge in [0.1, 0.15) is 0 Å². The topological polar surface area (TPSA) is 29.9 Å². The minimum absolute atomic E-state index is 0.202. The van der Waals surface area contributed by atoms with Crippen LogP contribution in [0, 0.1) is 0 Å². The Balaban J connectivity index is 2.07. The molecule has 3 nitrogen and oxygen atoms in total. The third-order valence-electron chi connectivity index (χ3n) is 3.79. The summed E-state index contributed by atoms with van der Waals surface area (Å²) < 4.78 is 1.97. The van der Waals surface area contributed by atoms with Crippen molar-refractivity contribution in [2.45, 2.75) is 59.0 Å². The van der Waals surface area contributed by atoms with E-state index in [-0.39, 0.29) is 11.5 Å². The van der Waals surface area contributed by atoms with Crippen molar-refractivity contribution in [2.75, 3.05) is 5.32 Å². The fourth-order valence-corrected chi connectivity index (χ4v) is 2.30. The maximum atomic E-state index is 4.36. The molecule has 1 heterocycles. The predicted molar refractivity (Wildman–Crippen MR) is 89.8 cm³/mol. The second kappa shape index (κ2) is 5.92. The van der Waals surface area contributed by atoms with Crippen molar-refractivity contribution in [3.63, 3.8) is 0 Å². The fourth-order valence-electron chi connectivity index (χ4n) is 2.30. The van der Waals surface area contributed by atoms with Crippen molar-refractivity contribution >= 4 is 5.69 Å². The molecule has 3 heteroatoms. The number of aromatic nitrogens is 2. The van der Waals surface area contributed by atoms with Crippen LogP contribution in [0.3, 0.4) is 0 Å². The Labute approximate surface area is 128 Å². The molecule has 0 saturated heterocycles. The van der Waals surface area contributed by atoms with Crippen LogP contribution in [0.2, 0.25) is 0 Å². The van der Waals surface area contributed by atoms with Gasteiger partial charge in [-0.2, -0.15) is 5.10 Å². The lowest BCUT2D eigenvalue weighted by Crippen LogP contribution is -2.12. The van der Waals surface area contributed by atoms with E-state index in [9.17, 15) is 0 Å². The lowest BCUT2D eigenvalue weighted by Gasteiger charge is -2.20. The van der Waals surface area contributed by atoms with Crippen LogP contribution >= 0.6 is 0 Å². The first-order valence-electron chi connectivity index (χ1n) is 7.68.